The highest BCUT2D eigenvalue weighted by molar-refractivity contribution is 7.80. The zero-order chi connectivity index (χ0) is 19.6. The van der Waals surface area contributed by atoms with Crippen molar-refractivity contribution in [1.82, 2.24) is 5.32 Å². The van der Waals surface area contributed by atoms with Crippen LogP contribution in [-0.2, 0) is 4.79 Å². The van der Waals surface area contributed by atoms with E-state index < -0.39 is 0 Å². The van der Waals surface area contributed by atoms with Crippen LogP contribution in [0.15, 0.2) is 48.5 Å². The maximum atomic E-state index is 12.3. The summed E-state index contributed by atoms with van der Waals surface area (Å²) in [5, 5.41) is 8.44. The van der Waals surface area contributed by atoms with E-state index in [1.807, 2.05) is 0 Å². The first-order chi connectivity index (χ1) is 13.0. The molecule has 0 heterocycles. The Labute approximate surface area is 164 Å². The molecule has 3 N–H and O–H groups in total. The molecule has 142 valence electrons. The molecule has 0 aliphatic carbocycles. The van der Waals surface area contributed by atoms with Gasteiger partial charge in [0, 0.05) is 23.9 Å². The Bertz CT molecular complexity index is 789. The maximum Gasteiger partial charge on any atom is 0.257 e. The molecule has 0 bridgehead atoms. The fraction of sp³-hybridized carbons (Fsp3) is 0.250. The summed E-state index contributed by atoms with van der Waals surface area (Å²) in [6.07, 6.45) is 2.06. The van der Waals surface area contributed by atoms with E-state index in [0.717, 1.165) is 18.6 Å². The van der Waals surface area contributed by atoms with Crippen molar-refractivity contribution in [3.05, 3.63) is 54.1 Å². The number of anilines is 2. The largest absolute Gasteiger partial charge is 0.494 e. The SMILES string of the molecule is CCCCOc1ccc(C(=O)NC(=S)Nc2ccc(NC(C)=O)cc2)cc1. The highest BCUT2D eigenvalue weighted by Gasteiger charge is 2.08. The molecule has 0 radical (unpaired) electrons. The van der Waals surface area contributed by atoms with E-state index in [9.17, 15) is 9.59 Å². The van der Waals surface area contributed by atoms with E-state index in [-0.39, 0.29) is 16.9 Å². The number of hydrogen-bond acceptors (Lipinski definition) is 4. The summed E-state index contributed by atoms with van der Waals surface area (Å²) in [7, 11) is 0. The minimum Gasteiger partial charge on any atom is -0.494 e. The van der Waals surface area contributed by atoms with Gasteiger partial charge >= 0.3 is 0 Å². The fourth-order valence-corrected chi connectivity index (χ4v) is 2.43. The van der Waals surface area contributed by atoms with E-state index in [1.165, 1.54) is 6.92 Å². The number of hydrogen-bond donors (Lipinski definition) is 3. The lowest BCUT2D eigenvalue weighted by atomic mass is 10.2. The minimum atomic E-state index is -0.303. The van der Waals surface area contributed by atoms with Gasteiger partial charge in [-0.15, -0.1) is 0 Å². The van der Waals surface area contributed by atoms with E-state index in [4.69, 9.17) is 17.0 Å². The van der Waals surface area contributed by atoms with Gasteiger partial charge in [-0.3, -0.25) is 14.9 Å². The summed E-state index contributed by atoms with van der Waals surface area (Å²) in [4.78, 5) is 23.3. The lowest BCUT2D eigenvalue weighted by molar-refractivity contribution is -0.114. The Kier molecular flexibility index (Phi) is 7.76. The van der Waals surface area contributed by atoms with Gasteiger partial charge in [-0.05, 0) is 67.2 Å². The predicted molar refractivity (Wildman–Crippen MR) is 111 cm³/mol. The Hall–Kier alpha value is -2.93. The van der Waals surface area contributed by atoms with E-state index in [2.05, 4.69) is 22.9 Å². The van der Waals surface area contributed by atoms with Crippen molar-refractivity contribution in [1.29, 1.82) is 0 Å². The van der Waals surface area contributed by atoms with Crippen molar-refractivity contribution in [2.45, 2.75) is 26.7 Å². The Morgan fingerprint density at radius 2 is 1.56 bits per heavy atom. The number of carbonyl (C=O) groups excluding carboxylic acids is 2. The fourth-order valence-electron chi connectivity index (χ4n) is 2.21. The van der Waals surface area contributed by atoms with Crippen LogP contribution in [0.25, 0.3) is 0 Å². The molecule has 2 aromatic rings. The normalized spacial score (nSPS) is 10.0. The van der Waals surface area contributed by atoms with Gasteiger partial charge in [0.25, 0.3) is 5.91 Å². The second-order valence-electron chi connectivity index (χ2n) is 5.89. The van der Waals surface area contributed by atoms with Crippen molar-refractivity contribution < 1.29 is 14.3 Å². The molecule has 0 aliphatic rings. The molecule has 6 nitrogen and oxygen atoms in total. The Balaban J connectivity index is 1.85. The van der Waals surface area contributed by atoms with Crippen LogP contribution in [0, 0.1) is 0 Å². The van der Waals surface area contributed by atoms with Gasteiger partial charge in [-0.1, -0.05) is 13.3 Å². The zero-order valence-corrected chi connectivity index (χ0v) is 16.2. The lowest BCUT2D eigenvalue weighted by Gasteiger charge is -2.11. The van der Waals surface area contributed by atoms with Gasteiger partial charge in [0.1, 0.15) is 5.75 Å². The summed E-state index contributed by atoms with van der Waals surface area (Å²) < 4.78 is 5.58. The van der Waals surface area contributed by atoms with Gasteiger partial charge in [0.2, 0.25) is 5.91 Å². The molecule has 0 atom stereocenters. The van der Waals surface area contributed by atoms with Gasteiger partial charge < -0.3 is 15.4 Å². The summed E-state index contributed by atoms with van der Waals surface area (Å²) in [5.41, 5.74) is 1.88. The number of nitrogens with one attached hydrogen (secondary N) is 3. The lowest BCUT2D eigenvalue weighted by Crippen LogP contribution is -2.34. The molecule has 0 aromatic heterocycles. The van der Waals surface area contributed by atoms with Crippen LogP contribution >= 0.6 is 12.2 Å². The zero-order valence-electron chi connectivity index (χ0n) is 15.4. The first kappa shape index (κ1) is 20.4. The molecule has 0 spiro atoms. The Morgan fingerprint density at radius 3 is 2.11 bits per heavy atom. The predicted octanol–water partition coefficient (Wildman–Crippen LogP) is 3.95. The highest BCUT2D eigenvalue weighted by Crippen LogP contribution is 2.14. The maximum absolute atomic E-state index is 12.3. The molecule has 2 aromatic carbocycles. The van der Waals surface area contributed by atoms with Crippen LogP contribution in [0.4, 0.5) is 11.4 Å². The average molecular weight is 385 g/mol. The molecule has 27 heavy (non-hydrogen) atoms. The third-order valence-electron chi connectivity index (χ3n) is 3.57. The van der Waals surface area contributed by atoms with Crippen LogP contribution in [0.5, 0.6) is 5.75 Å². The minimum absolute atomic E-state index is 0.139. The van der Waals surface area contributed by atoms with Crippen molar-refractivity contribution in [3.8, 4) is 5.75 Å². The summed E-state index contributed by atoms with van der Waals surface area (Å²) in [6.45, 7) is 4.21. The standard InChI is InChI=1S/C20H23N3O3S/c1-3-4-13-26-18-11-5-15(6-12-18)19(25)23-20(27)22-17-9-7-16(8-10-17)21-14(2)24/h5-12H,3-4,13H2,1-2H3,(H,21,24)(H2,22,23,25,27). The van der Waals surface area contributed by atoms with Crippen LogP contribution < -0.4 is 20.7 Å². The molecule has 7 heteroatoms. The number of carbonyl (C=O) groups is 2. The van der Waals surface area contributed by atoms with Gasteiger partial charge in [0.15, 0.2) is 5.11 Å². The highest BCUT2D eigenvalue weighted by atomic mass is 32.1. The molecular weight excluding hydrogens is 362 g/mol. The summed E-state index contributed by atoms with van der Waals surface area (Å²) in [6, 6.07) is 13.9. The number of amides is 2. The number of rotatable bonds is 7. The summed E-state index contributed by atoms with van der Waals surface area (Å²) in [5.74, 6) is 0.294. The Morgan fingerprint density at radius 1 is 0.963 bits per heavy atom. The van der Waals surface area contributed by atoms with E-state index in [1.54, 1.807) is 48.5 Å². The first-order valence-corrected chi connectivity index (χ1v) is 9.11. The molecule has 0 unspecified atom stereocenters. The average Bonchev–Trinajstić information content (AvgIpc) is 2.63. The van der Waals surface area contributed by atoms with Crippen LogP contribution in [0.2, 0.25) is 0 Å². The monoisotopic (exact) mass is 385 g/mol. The number of benzene rings is 2. The van der Waals surface area contributed by atoms with Crippen LogP contribution in [0.1, 0.15) is 37.0 Å². The topological polar surface area (TPSA) is 79.5 Å². The van der Waals surface area contributed by atoms with Crippen molar-refractivity contribution in [3.63, 3.8) is 0 Å². The van der Waals surface area contributed by atoms with Crippen molar-refractivity contribution >= 4 is 40.5 Å². The van der Waals surface area contributed by atoms with E-state index in [0.29, 0.717) is 23.5 Å². The number of thiocarbonyl (C=S) groups is 1. The molecule has 0 fully saturated rings. The van der Waals surface area contributed by atoms with Gasteiger partial charge in [0.05, 0.1) is 6.61 Å². The van der Waals surface area contributed by atoms with Gasteiger partial charge in [-0.25, -0.2) is 0 Å². The van der Waals surface area contributed by atoms with E-state index >= 15 is 0 Å². The second kappa shape index (κ2) is 10.3. The molecule has 0 saturated heterocycles. The molecule has 2 rings (SSSR count). The molecule has 0 aliphatic heterocycles. The third-order valence-corrected chi connectivity index (χ3v) is 3.78. The quantitative estimate of drug-likeness (QED) is 0.497. The number of unbranched alkanes of at least 4 members (excludes halogenated alkanes) is 1. The first-order valence-electron chi connectivity index (χ1n) is 8.71. The summed E-state index contributed by atoms with van der Waals surface area (Å²) >= 11 is 5.17. The molecular formula is C20H23N3O3S. The second-order valence-corrected chi connectivity index (χ2v) is 6.30. The molecule has 0 saturated carbocycles. The van der Waals surface area contributed by atoms with Crippen LogP contribution in [0.3, 0.4) is 0 Å². The molecule has 2 amide bonds. The van der Waals surface area contributed by atoms with Crippen molar-refractivity contribution in [2.75, 3.05) is 17.2 Å². The smallest absolute Gasteiger partial charge is 0.257 e. The van der Waals surface area contributed by atoms with Gasteiger partial charge in [-0.2, -0.15) is 0 Å². The van der Waals surface area contributed by atoms with Crippen molar-refractivity contribution in [2.24, 2.45) is 0 Å². The van der Waals surface area contributed by atoms with Crippen LogP contribution in [-0.4, -0.2) is 23.5 Å². The number of ether oxygens (including phenoxy) is 1. The third kappa shape index (κ3) is 7.07.